The van der Waals surface area contributed by atoms with E-state index in [9.17, 15) is 22.7 Å². The standard InChI is InChI=1S/C22H21FN2O4S/c1-30(28,29)24-12-19-22(20(14-26)25(19)21(27)13-24)17-8-4-15(5-9-17)2-3-16-6-10-18(23)11-7-16/h4-11,19-20,22,26H,12-14H2,1H3/t19-,20+,22+/m0/s1. The van der Waals surface area contributed by atoms with Gasteiger partial charge in [0, 0.05) is 23.6 Å². The third kappa shape index (κ3) is 3.84. The Morgan fingerprint density at radius 1 is 1.07 bits per heavy atom. The van der Waals surface area contributed by atoms with Crippen LogP contribution in [0.5, 0.6) is 0 Å². The molecular weight excluding hydrogens is 407 g/mol. The van der Waals surface area contributed by atoms with Gasteiger partial charge >= 0.3 is 0 Å². The molecule has 2 aromatic carbocycles. The van der Waals surface area contributed by atoms with Crippen molar-refractivity contribution in [1.29, 1.82) is 0 Å². The normalized spacial score (nSPS) is 23.9. The van der Waals surface area contributed by atoms with Crippen LogP contribution in [0.3, 0.4) is 0 Å². The molecule has 30 heavy (non-hydrogen) atoms. The Hall–Kier alpha value is -2.73. The number of benzene rings is 2. The third-order valence-corrected chi connectivity index (χ3v) is 6.90. The Bertz CT molecular complexity index is 1120. The molecule has 0 aromatic heterocycles. The monoisotopic (exact) mass is 428 g/mol. The van der Waals surface area contributed by atoms with Crippen molar-refractivity contribution in [2.24, 2.45) is 0 Å². The number of carbonyl (C=O) groups excluding carboxylic acids is 1. The van der Waals surface area contributed by atoms with Gasteiger partial charge in [-0.1, -0.05) is 24.0 Å². The summed E-state index contributed by atoms with van der Waals surface area (Å²) in [6.07, 6.45) is 1.10. The molecule has 0 spiro atoms. The molecule has 2 fully saturated rings. The van der Waals surface area contributed by atoms with E-state index in [1.54, 1.807) is 17.0 Å². The van der Waals surface area contributed by atoms with Gasteiger partial charge in [0.15, 0.2) is 0 Å². The molecule has 2 heterocycles. The highest BCUT2D eigenvalue weighted by Gasteiger charge is 2.54. The summed E-state index contributed by atoms with van der Waals surface area (Å²) in [7, 11) is -3.47. The number of carbonyl (C=O) groups is 1. The van der Waals surface area contributed by atoms with Crippen LogP contribution in [0.15, 0.2) is 48.5 Å². The zero-order valence-electron chi connectivity index (χ0n) is 16.3. The van der Waals surface area contributed by atoms with Gasteiger partial charge in [-0.2, -0.15) is 4.31 Å². The van der Waals surface area contributed by atoms with Crippen molar-refractivity contribution < 1.29 is 22.7 Å². The summed E-state index contributed by atoms with van der Waals surface area (Å²) in [5.41, 5.74) is 2.40. The number of piperazine rings is 1. The fourth-order valence-corrected chi connectivity index (χ4v) is 4.96. The maximum absolute atomic E-state index is 13.0. The molecule has 1 N–H and O–H groups in total. The second-order valence-electron chi connectivity index (χ2n) is 7.58. The average Bonchev–Trinajstić information content (AvgIpc) is 2.69. The first-order valence-corrected chi connectivity index (χ1v) is 11.4. The third-order valence-electron chi connectivity index (χ3n) is 5.68. The van der Waals surface area contributed by atoms with Crippen LogP contribution in [0.4, 0.5) is 4.39 Å². The maximum Gasteiger partial charge on any atom is 0.238 e. The summed E-state index contributed by atoms with van der Waals surface area (Å²) in [6, 6.07) is 12.8. The van der Waals surface area contributed by atoms with E-state index < -0.39 is 10.0 Å². The number of hydrogen-bond acceptors (Lipinski definition) is 4. The number of sulfonamides is 1. The van der Waals surface area contributed by atoms with Crippen LogP contribution in [0.2, 0.25) is 0 Å². The maximum atomic E-state index is 13.0. The molecule has 2 aromatic rings. The molecule has 2 aliphatic heterocycles. The van der Waals surface area contributed by atoms with E-state index >= 15 is 0 Å². The summed E-state index contributed by atoms with van der Waals surface area (Å²) in [5, 5.41) is 9.81. The summed E-state index contributed by atoms with van der Waals surface area (Å²) < 4.78 is 38.0. The number of aliphatic hydroxyl groups excluding tert-OH is 1. The molecule has 2 saturated heterocycles. The largest absolute Gasteiger partial charge is 0.394 e. The van der Waals surface area contributed by atoms with Crippen molar-refractivity contribution in [2.45, 2.75) is 18.0 Å². The van der Waals surface area contributed by atoms with Crippen molar-refractivity contribution in [3.63, 3.8) is 0 Å². The highest BCUT2D eigenvalue weighted by atomic mass is 32.2. The van der Waals surface area contributed by atoms with Gasteiger partial charge in [-0.15, -0.1) is 0 Å². The summed E-state index contributed by atoms with van der Waals surface area (Å²) in [4.78, 5) is 14.0. The molecule has 4 rings (SSSR count). The molecule has 6 nitrogen and oxygen atoms in total. The molecule has 3 atom stereocenters. The number of nitrogens with zero attached hydrogens (tertiary/aromatic N) is 2. The lowest BCUT2D eigenvalue weighted by Crippen LogP contribution is -2.73. The second kappa shape index (κ2) is 7.84. The van der Waals surface area contributed by atoms with Crippen LogP contribution >= 0.6 is 0 Å². The predicted molar refractivity (Wildman–Crippen MR) is 109 cm³/mol. The van der Waals surface area contributed by atoms with E-state index in [-0.39, 0.29) is 49.4 Å². The van der Waals surface area contributed by atoms with Crippen LogP contribution in [0, 0.1) is 17.7 Å². The first kappa shape index (κ1) is 20.5. The van der Waals surface area contributed by atoms with Gasteiger partial charge in [-0.05, 0) is 42.0 Å². The lowest BCUT2D eigenvalue weighted by Gasteiger charge is -2.58. The molecule has 0 saturated carbocycles. The topological polar surface area (TPSA) is 77.9 Å². The van der Waals surface area contributed by atoms with Gasteiger partial charge in [0.1, 0.15) is 5.82 Å². The fraction of sp³-hybridized carbons (Fsp3) is 0.318. The van der Waals surface area contributed by atoms with Crippen LogP contribution in [0.25, 0.3) is 0 Å². The van der Waals surface area contributed by atoms with Crippen molar-refractivity contribution in [1.82, 2.24) is 9.21 Å². The van der Waals surface area contributed by atoms with E-state index in [2.05, 4.69) is 11.8 Å². The van der Waals surface area contributed by atoms with Crippen molar-refractivity contribution >= 4 is 15.9 Å². The molecule has 2 aliphatic rings. The van der Waals surface area contributed by atoms with Crippen molar-refractivity contribution in [3.8, 4) is 11.8 Å². The molecule has 0 aliphatic carbocycles. The summed E-state index contributed by atoms with van der Waals surface area (Å²) in [6.45, 7) is -0.147. The van der Waals surface area contributed by atoms with E-state index in [0.29, 0.717) is 5.56 Å². The number of halogens is 1. The Morgan fingerprint density at radius 2 is 1.63 bits per heavy atom. The fourth-order valence-electron chi connectivity index (χ4n) is 4.19. The molecule has 8 heteroatoms. The molecule has 0 radical (unpaired) electrons. The minimum absolute atomic E-state index is 0.150. The quantitative estimate of drug-likeness (QED) is 0.745. The molecule has 1 amide bonds. The van der Waals surface area contributed by atoms with E-state index in [1.165, 1.54) is 16.4 Å². The Balaban J connectivity index is 1.54. The van der Waals surface area contributed by atoms with Crippen LogP contribution in [0.1, 0.15) is 22.6 Å². The van der Waals surface area contributed by atoms with Crippen molar-refractivity contribution in [2.75, 3.05) is 26.0 Å². The number of aliphatic hydroxyl groups is 1. The average molecular weight is 428 g/mol. The van der Waals surface area contributed by atoms with E-state index in [1.807, 2.05) is 24.3 Å². The zero-order valence-corrected chi connectivity index (χ0v) is 17.1. The minimum atomic E-state index is -3.47. The zero-order chi connectivity index (χ0) is 21.5. The summed E-state index contributed by atoms with van der Waals surface area (Å²) >= 11 is 0. The van der Waals surface area contributed by atoms with Gasteiger partial charge in [-0.3, -0.25) is 4.79 Å². The Labute approximate surface area is 175 Å². The first-order valence-electron chi connectivity index (χ1n) is 9.52. The van der Waals surface area contributed by atoms with Crippen LogP contribution < -0.4 is 0 Å². The minimum Gasteiger partial charge on any atom is -0.394 e. The highest BCUT2D eigenvalue weighted by molar-refractivity contribution is 7.88. The van der Waals surface area contributed by atoms with E-state index in [4.69, 9.17) is 0 Å². The highest BCUT2D eigenvalue weighted by Crippen LogP contribution is 2.43. The number of hydrogen-bond donors (Lipinski definition) is 1. The van der Waals surface area contributed by atoms with Crippen LogP contribution in [-0.4, -0.2) is 66.7 Å². The summed E-state index contributed by atoms with van der Waals surface area (Å²) in [5.74, 6) is 5.25. The van der Waals surface area contributed by atoms with Gasteiger partial charge in [0.25, 0.3) is 0 Å². The Kier molecular flexibility index (Phi) is 5.36. The number of fused-ring (bicyclic) bond motifs is 1. The van der Waals surface area contributed by atoms with E-state index in [0.717, 1.165) is 17.4 Å². The van der Waals surface area contributed by atoms with Gasteiger partial charge in [0.2, 0.25) is 15.9 Å². The number of rotatable bonds is 3. The van der Waals surface area contributed by atoms with Crippen molar-refractivity contribution in [3.05, 3.63) is 71.0 Å². The van der Waals surface area contributed by atoms with Gasteiger partial charge in [0.05, 0.1) is 31.5 Å². The lowest BCUT2D eigenvalue weighted by atomic mass is 9.74. The second-order valence-corrected chi connectivity index (χ2v) is 9.56. The van der Waals surface area contributed by atoms with Gasteiger partial charge < -0.3 is 10.0 Å². The molecule has 0 bridgehead atoms. The molecule has 156 valence electrons. The lowest BCUT2D eigenvalue weighted by molar-refractivity contribution is -0.158. The first-order chi connectivity index (χ1) is 14.3. The number of amides is 1. The molecular formula is C22H21FN2O4S. The van der Waals surface area contributed by atoms with Gasteiger partial charge in [-0.25, -0.2) is 12.8 Å². The SMILES string of the molecule is CS(=O)(=O)N1CC(=O)N2[C@H](CO)[C@H](c3ccc(C#Cc4ccc(F)cc4)cc3)[C@@H]2C1. The molecule has 0 unspecified atom stereocenters. The predicted octanol–water partition coefficient (Wildman–Crippen LogP) is 1.16. The Morgan fingerprint density at radius 3 is 2.17 bits per heavy atom. The van der Waals surface area contributed by atoms with Crippen LogP contribution in [-0.2, 0) is 14.8 Å². The smallest absolute Gasteiger partial charge is 0.238 e.